The molecule has 0 spiro atoms. The van der Waals surface area contributed by atoms with Crippen LogP contribution in [0.3, 0.4) is 0 Å². The molecule has 2 aromatic rings. The Labute approximate surface area is 142 Å². The minimum atomic E-state index is -0.105. The molecule has 0 bridgehead atoms. The van der Waals surface area contributed by atoms with Crippen molar-refractivity contribution in [2.45, 2.75) is 40.2 Å². The van der Waals surface area contributed by atoms with Crippen LogP contribution in [0.2, 0.25) is 0 Å². The number of rotatable bonds is 5. The summed E-state index contributed by atoms with van der Waals surface area (Å²) in [6, 6.07) is 5.66. The summed E-state index contributed by atoms with van der Waals surface area (Å²) in [5.41, 5.74) is 3.13. The predicted molar refractivity (Wildman–Crippen MR) is 95.8 cm³/mol. The van der Waals surface area contributed by atoms with Crippen molar-refractivity contribution in [2.75, 3.05) is 5.32 Å². The normalized spacial score (nSPS) is 15.2. The average molecular weight is 325 g/mol. The van der Waals surface area contributed by atoms with E-state index in [1.54, 1.807) is 6.20 Å². The van der Waals surface area contributed by atoms with E-state index in [9.17, 15) is 4.79 Å². The summed E-state index contributed by atoms with van der Waals surface area (Å²) in [6.07, 6.45) is 4.59. The molecule has 1 aromatic heterocycles. The highest BCUT2D eigenvalue weighted by molar-refractivity contribution is 6.34. The summed E-state index contributed by atoms with van der Waals surface area (Å²) in [6.45, 7) is 8.26. The Bertz CT molecular complexity index is 788. The molecule has 2 heterocycles. The van der Waals surface area contributed by atoms with Crippen molar-refractivity contribution in [2.24, 2.45) is 5.92 Å². The average Bonchev–Trinajstić information content (AvgIpc) is 3.04. The van der Waals surface area contributed by atoms with Gasteiger partial charge in [0.2, 0.25) is 0 Å². The Kier molecular flexibility index (Phi) is 4.42. The zero-order valence-electron chi connectivity index (χ0n) is 14.5. The number of carbonyl (C=O) groups is 1. The van der Waals surface area contributed by atoms with Gasteiger partial charge in [-0.05, 0) is 44.0 Å². The first-order valence-electron chi connectivity index (χ1n) is 8.30. The van der Waals surface area contributed by atoms with Gasteiger partial charge in [0.15, 0.2) is 0 Å². The fraction of sp³-hybridized carbons (Fsp3) is 0.368. The molecule has 0 saturated carbocycles. The van der Waals surface area contributed by atoms with Gasteiger partial charge in [-0.15, -0.1) is 0 Å². The lowest BCUT2D eigenvalue weighted by molar-refractivity contribution is -0.110. The highest BCUT2D eigenvalue weighted by Crippen LogP contribution is 2.35. The zero-order chi connectivity index (χ0) is 17.3. The van der Waals surface area contributed by atoms with Crippen molar-refractivity contribution in [3.8, 4) is 5.75 Å². The molecule has 3 rings (SSSR count). The number of anilines is 1. The molecule has 0 unspecified atom stereocenters. The van der Waals surface area contributed by atoms with E-state index in [1.165, 1.54) is 0 Å². The third-order valence-electron chi connectivity index (χ3n) is 3.70. The molecule has 1 amide bonds. The maximum absolute atomic E-state index is 12.3. The predicted octanol–water partition coefficient (Wildman–Crippen LogP) is 3.89. The summed E-state index contributed by atoms with van der Waals surface area (Å²) < 4.78 is 5.73. The van der Waals surface area contributed by atoms with Crippen molar-refractivity contribution < 1.29 is 9.53 Å². The monoisotopic (exact) mass is 325 g/mol. The smallest absolute Gasteiger partial charge is 0.256 e. The Morgan fingerprint density at radius 3 is 2.75 bits per heavy atom. The number of amides is 1. The van der Waals surface area contributed by atoms with Crippen LogP contribution in [0.1, 0.15) is 44.8 Å². The van der Waals surface area contributed by atoms with E-state index in [0.29, 0.717) is 11.5 Å². The summed E-state index contributed by atoms with van der Waals surface area (Å²) in [5, 5.41) is 2.89. The van der Waals surface area contributed by atoms with Crippen LogP contribution in [0, 0.1) is 5.92 Å². The van der Waals surface area contributed by atoms with Crippen LogP contribution >= 0.6 is 0 Å². The van der Waals surface area contributed by atoms with Crippen LogP contribution in [0.4, 0.5) is 5.69 Å². The molecule has 1 aliphatic heterocycles. The molecule has 5 heteroatoms. The molecule has 0 fully saturated rings. The second-order valence-electron chi connectivity index (χ2n) is 6.77. The third kappa shape index (κ3) is 3.50. The van der Waals surface area contributed by atoms with Crippen LogP contribution in [0.15, 0.2) is 24.4 Å². The molecule has 0 aliphatic carbocycles. The van der Waals surface area contributed by atoms with Crippen molar-refractivity contribution in [3.05, 3.63) is 41.5 Å². The summed E-state index contributed by atoms with van der Waals surface area (Å²) in [7, 11) is 0. The van der Waals surface area contributed by atoms with E-state index in [1.807, 2.05) is 38.1 Å². The van der Waals surface area contributed by atoms with Gasteiger partial charge in [-0.2, -0.15) is 0 Å². The van der Waals surface area contributed by atoms with Gasteiger partial charge in [0.1, 0.15) is 11.6 Å². The molecule has 0 atom stereocenters. The number of fused-ring (bicyclic) bond motifs is 1. The number of H-pyrrole nitrogens is 1. The summed E-state index contributed by atoms with van der Waals surface area (Å²) >= 11 is 0. The first-order valence-corrected chi connectivity index (χ1v) is 8.30. The fourth-order valence-corrected chi connectivity index (χ4v) is 2.75. The van der Waals surface area contributed by atoms with Gasteiger partial charge < -0.3 is 15.0 Å². The molecular formula is C19H23N3O2. The Morgan fingerprint density at radius 2 is 2.04 bits per heavy atom. The Morgan fingerprint density at radius 1 is 1.25 bits per heavy atom. The van der Waals surface area contributed by atoms with Gasteiger partial charge >= 0.3 is 0 Å². The minimum Gasteiger partial charge on any atom is -0.491 e. The number of hydrogen-bond donors (Lipinski definition) is 2. The highest BCUT2D eigenvalue weighted by atomic mass is 16.5. The molecule has 0 saturated heterocycles. The van der Waals surface area contributed by atoms with E-state index in [0.717, 1.165) is 34.9 Å². The number of aromatic amines is 1. The first kappa shape index (κ1) is 16.3. The lowest BCUT2D eigenvalue weighted by atomic mass is 10.1. The summed E-state index contributed by atoms with van der Waals surface area (Å²) in [4.78, 5) is 19.9. The van der Waals surface area contributed by atoms with Crippen LogP contribution in [-0.4, -0.2) is 22.0 Å². The lowest BCUT2D eigenvalue weighted by Gasteiger charge is -2.10. The quantitative estimate of drug-likeness (QED) is 0.820. The van der Waals surface area contributed by atoms with E-state index in [4.69, 9.17) is 4.74 Å². The van der Waals surface area contributed by atoms with Crippen LogP contribution in [0.25, 0.3) is 11.6 Å². The van der Waals surface area contributed by atoms with Crippen LogP contribution in [-0.2, 0) is 11.2 Å². The second-order valence-corrected chi connectivity index (χ2v) is 6.77. The number of carbonyl (C=O) groups excluding carboxylic acids is 1. The Balaban J connectivity index is 1.91. The topological polar surface area (TPSA) is 67.0 Å². The van der Waals surface area contributed by atoms with Crippen LogP contribution < -0.4 is 10.1 Å². The second kappa shape index (κ2) is 6.51. The SMILES string of the molecule is CC(C)Cc1ncc(C=C2C(=O)Nc3ccc(OC(C)C)cc32)[nH]1. The van der Waals surface area contributed by atoms with Gasteiger partial charge in [0.25, 0.3) is 5.91 Å². The number of nitrogens with one attached hydrogen (secondary N) is 2. The molecule has 0 radical (unpaired) electrons. The maximum atomic E-state index is 12.3. The number of aromatic nitrogens is 2. The molecule has 24 heavy (non-hydrogen) atoms. The molecular weight excluding hydrogens is 302 g/mol. The van der Waals surface area contributed by atoms with E-state index in [2.05, 4.69) is 29.1 Å². The van der Waals surface area contributed by atoms with Gasteiger partial charge in [0.05, 0.1) is 23.6 Å². The maximum Gasteiger partial charge on any atom is 0.256 e. The van der Waals surface area contributed by atoms with Crippen LogP contribution in [0.5, 0.6) is 5.75 Å². The van der Waals surface area contributed by atoms with Gasteiger partial charge in [-0.3, -0.25) is 4.79 Å². The number of ether oxygens (including phenoxy) is 1. The van der Waals surface area contributed by atoms with Crippen molar-refractivity contribution in [1.29, 1.82) is 0 Å². The minimum absolute atomic E-state index is 0.0896. The lowest BCUT2D eigenvalue weighted by Crippen LogP contribution is -2.05. The standard InChI is InChI=1S/C19H23N3O2/c1-11(2)7-18-20-10-13(21-18)8-16-15-9-14(24-12(3)4)5-6-17(15)22-19(16)23/h5-6,8-12H,7H2,1-4H3,(H,20,21)(H,22,23). The largest absolute Gasteiger partial charge is 0.491 e. The number of hydrogen-bond acceptors (Lipinski definition) is 3. The van der Waals surface area contributed by atoms with E-state index < -0.39 is 0 Å². The summed E-state index contributed by atoms with van der Waals surface area (Å²) in [5.74, 6) is 2.12. The van der Waals surface area contributed by atoms with Gasteiger partial charge in [0, 0.05) is 17.7 Å². The highest BCUT2D eigenvalue weighted by Gasteiger charge is 2.25. The molecule has 126 valence electrons. The fourth-order valence-electron chi connectivity index (χ4n) is 2.75. The third-order valence-corrected chi connectivity index (χ3v) is 3.70. The first-order chi connectivity index (χ1) is 11.4. The molecule has 2 N–H and O–H groups in total. The van der Waals surface area contributed by atoms with Gasteiger partial charge in [-0.25, -0.2) is 4.98 Å². The molecule has 5 nitrogen and oxygen atoms in total. The van der Waals surface area contributed by atoms with Gasteiger partial charge in [-0.1, -0.05) is 13.8 Å². The van der Waals surface area contributed by atoms with Crippen molar-refractivity contribution in [1.82, 2.24) is 9.97 Å². The number of nitrogens with zero attached hydrogens (tertiary/aromatic N) is 1. The molecule has 1 aliphatic rings. The molecule has 1 aromatic carbocycles. The Hall–Kier alpha value is -2.56. The van der Waals surface area contributed by atoms with Crippen molar-refractivity contribution >= 4 is 23.2 Å². The zero-order valence-corrected chi connectivity index (χ0v) is 14.5. The van der Waals surface area contributed by atoms with E-state index >= 15 is 0 Å². The number of imidazole rings is 1. The number of benzene rings is 1. The van der Waals surface area contributed by atoms with Crippen molar-refractivity contribution in [3.63, 3.8) is 0 Å². The van der Waals surface area contributed by atoms with E-state index in [-0.39, 0.29) is 12.0 Å².